The molecule has 1 aliphatic rings. The number of ether oxygens (including phenoxy) is 1. The molecule has 0 saturated carbocycles. The van der Waals surface area contributed by atoms with Gasteiger partial charge in [0.15, 0.2) is 10.8 Å². The molecule has 0 aromatic heterocycles. The predicted octanol–water partition coefficient (Wildman–Crippen LogP) is 3.46. The molecule has 3 nitrogen and oxygen atoms in total. The van der Waals surface area contributed by atoms with Crippen molar-refractivity contribution in [3.8, 4) is 12.1 Å². The van der Waals surface area contributed by atoms with Crippen LogP contribution in [-0.2, 0) is 4.74 Å². The zero-order valence-electron chi connectivity index (χ0n) is 10.1. The number of methoxy groups -OCH3 is 1. The summed E-state index contributed by atoms with van der Waals surface area (Å²) in [5, 5.41) is 17.6. The first kappa shape index (κ1) is 16.2. The summed E-state index contributed by atoms with van der Waals surface area (Å²) in [5.41, 5.74) is -7.75. The van der Waals surface area contributed by atoms with Crippen molar-refractivity contribution < 1.29 is 31.1 Å². The van der Waals surface area contributed by atoms with Gasteiger partial charge in [-0.25, -0.2) is 0 Å². The number of allylic oxidation sites excluding steroid dienone is 2. The Hall–Kier alpha value is -1.90. The molecule has 1 rings (SSSR count). The van der Waals surface area contributed by atoms with Crippen LogP contribution in [0.2, 0.25) is 0 Å². The third kappa shape index (κ3) is 1.89. The minimum atomic E-state index is -5.54. The maximum absolute atomic E-state index is 13.2. The zero-order valence-corrected chi connectivity index (χ0v) is 10.1. The minimum Gasteiger partial charge on any atom is -0.501 e. The van der Waals surface area contributed by atoms with E-state index < -0.39 is 41.8 Å². The molecule has 2 atom stereocenters. The number of hydrogen-bond donors (Lipinski definition) is 0. The summed E-state index contributed by atoms with van der Waals surface area (Å²) in [6, 6.07) is 1.36. The molecule has 0 aromatic carbocycles. The summed E-state index contributed by atoms with van der Waals surface area (Å²) in [4.78, 5) is 0. The van der Waals surface area contributed by atoms with Gasteiger partial charge in [-0.15, -0.1) is 0 Å². The van der Waals surface area contributed by atoms with E-state index in [1.807, 2.05) is 0 Å². The normalized spacial score (nSPS) is 30.9. The molecule has 1 aliphatic carbocycles. The Labute approximate surface area is 110 Å². The maximum Gasteiger partial charge on any atom is 0.409 e. The van der Waals surface area contributed by atoms with Crippen molar-refractivity contribution >= 4 is 0 Å². The van der Waals surface area contributed by atoms with Crippen LogP contribution in [-0.4, -0.2) is 19.5 Å². The molecule has 0 aliphatic heterocycles. The number of hydrogen-bond acceptors (Lipinski definition) is 3. The number of alkyl halides is 6. The van der Waals surface area contributed by atoms with Gasteiger partial charge in [0.2, 0.25) is 0 Å². The average molecular weight is 298 g/mol. The molecule has 0 saturated heterocycles. The fraction of sp³-hybridized carbons (Fsp3) is 0.636. The summed E-state index contributed by atoms with van der Waals surface area (Å²) >= 11 is 0. The van der Waals surface area contributed by atoms with E-state index in [0.717, 1.165) is 13.2 Å². The molecule has 0 heterocycles. The minimum absolute atomic E-state index is 0.404. The highest BCUT2D eigenvalue weighted by Crippen LogP contribution is 2.64. The second-order valence-corrected chi connectivity index (χ2v) is 4.29. The maximum atomic E-state index is 13.2. The van der Waals surface area contributed by atoms with Crippen molar-refractivity contribution in [2.24, 2.45) is 10.8 Å². The molecule has 0 fully saturated rings. The summed E-state index contributed by atoms with van der Waals surface area (Å²) in [6.07, 6.45) is -12.9. The van der Waals surface area contributed by atoms with Crippen LogP contribution < -0.4 is 0 Å². The second kappa shape index (κ2) is 4.58. The Morgan fingerprint density at radius 2 is 1.50 bits per heavy atom. The van der Waals surface area contributed by atoms with Crippen LogP contribution in [0, 0.1) is 33.5 Å². The van der Waals surface area contributed by atoms with E-state index in [4.69, 9.17) is 10.5 Å². The lowest BCUT2D eigenvalue weighted by molar-refractivity contribution is -0.308. The fourth-order valence-corrected chi connectivity index (χ4v) is 2.18. The molecule has 0 N–H and O–H groups in total. The monoisotopic (exact) mass is 298 g/mol. The van der Waals surface area contributed by atoms with Gasteiger partial charge in [-0.05, 0) is 12.5 Å². The number of nitrogens with zero attached hydrogens (tertiary/aromatic N) is 2. The Balaban J connectivity index is 3.69. The first-order valence-electron chi connectivity index (χ1n) is 5.20. The van der Waals surface area contributed by atoms with Crippen LogP contribution in [0.4, 0.5) is 26.3 Å². The molecule has 0 unspecified atom stereocenters. The zero-order chi connectivity index (χ0) is 15.8. The summed E-state index contributed by atoms with van der Waals surface area (Å²) in [5.74, 6) is -0.404. The lowest BCUT2D eigenvalue weighted by atomic mass is 9.57. The fourth-order valence-electron chi connectivity index (χ4n) is 2.18. The van der Waals surface area contributed by atoms with Crippen molar-refractivity contribution in [1.82, 2.24) is 0 Å². The average Bonchev–Trinajstić information content (AvgIpc) is 2.34. The molecule has 9 heteroatoms. The van der Waals surface area contributed by atoms with Crippen LogP contribution in [0.5, 0.6) is 0 Å². The van der Waals surface area contributed by atoms with E-state index in [0.29, 0.717) is 12.1 Å². The van der Waals surface area contributed by atoms with Gasteiger partial charge in [-0.2, -0.15) is 36.9 Å². The second-order valence-electron chi connectivity index (χ2n) is 4.29. The van der Waals surface area contributed by atoms with Crippen LogP contribution in [0.1, 0.15) is 12.8 Å². The van der Waals surface area contributed by atoms with E-state index in [1.54, 1.807) is 0 Å². The van der Waals surface area contributed by atoms with E-state index in [2.05, 4.69) is 4.74 Å². The van der Waals surface area contributed by atoms with Crippen molar-refractivity contribution in [1.29, 1.82) is 10.5 Å². The molecule has 20 heavy (non-hydrogen) atoms. The predicted molar refractivity (Wildman–Crippen MR) is 52.5 cm³/mol. The molecule has 0 amide bonds. The Morgan fingerprint density at radius 1 is 1.05 bits per heavy atom. The first-order chi connectivity index (χ1) is 9.01. The van der Waals surface area contributed by atoms with Gasteiger partial charge in [0.25, 0.3) is 0 Å². The largest absolute Gasteiger partial charge is 0.501 e. The van der Waals surface area contributed by atoms with Gasteiger partial charge in [0.05, 0.1) is 25.0 Å². The SMILES string of the molecule is COC1=CC[C@](C#N)(C(F)(F)F)[C@@](C#N)(C(F)(F)F)C1. The number of halogens is 6. The number of nitriles is 2. The van der Waals surface area contributed by atoms with Crippen molar-refractivity contribution in [3.63, 3.8) is 0 Å². The third-order valence-corrected chi connectivity index (χ3v) is 3.42. The Bertz CT molecular complexity index is 509. The van der Waals surface area contributed by atoms with E-state index in [1.165, 1.54) is 0 Å². The van der Waals surface area contributed by atoms with E-state index >= 15 is 0 Å². The van der Waals surface area contributed by atoms with Gasteiger partial charge < -0.3 is 4.74 Å². The van der Waals surface area contributed by atoms with Crippen LogP contribution in [0.25, 0.3) is 0 Å². The number of rotatable bonds is 1. The van der Waals surface area contributed by atoms with Crippen LogP contribution in [0.15, 0.2) is 11.8 Å². The molecule has 0 spiro atoms. The van der Waals surface area contributed by atoms with Crippen LogP contribution >= 0.6 is 0 Å². The van der Waals surface area contributed by atoms with E-state index in [-0.39, 0.29) is 0 Å². The topological polar surface area (TPSA) is 56.8 Å². The highest BCUT2D eigenvalue weighted by atomic mass is 19.4. The Morgan fingerprint density at radius 3 is 1.80 bits per heavy atom. The third-order valence-electron chi connectivity index (χ3n) is 3.42. The molecule has 0 aromatic rings. The van der Waals surface area contributed by atoms with Crippen molar-refractivity contribution in [2.45, 2.75) is 25.2 Å². The Kier molecular flexibility index (Phi) is 3.70. The van der Waals surface area contributed by atoms with Gasteiger partial charge in [0, 0.05) is 6.42 Å². The van der Waals surface area contributed by atoms with E-state index in [9.17, 15) is 26.3 Å². The summed E-state index contributed by atoms with van der Waals surface area (Å²) in [6.45, 7) is 0. The highest BCUT2D eigenvalue weighted by Gasteiger charge is 2.78. The van der Waals surface area contributed by atoms with Gasteiger partial charge >= 0.3 is 12.4 Å². The lowest BCUT2D eigenvalue weighted by Crippen LogP contribution is -2.59. The first-order valence-corrected chi connectivity index (χ1v) is 5.20. The highest BCUT2D eigenvalue weighted by molar-refractivity contribution is 5.31. The van der Waals surface area contributed by atoms with Crippen molar-refractivity contribution in [2.75, 3.05) is 7.11 Å². The van der Waals surface area contributed by atoms with Gasteiger partial charge in [-0.1, -0.05) is 0 Å². The smallest absolute Gasteiger partial charge is 0.409 e. The standard InChI is InChI=1S/C11H8F6N2O/c1-20-7-2-3-8(5-18,10(12,13)14)9(4-7,6-19)11(15,16)17/h2H,3-4H2,1H3/t8-,9-/m1/s1. The summed E-state index contributed by atoms with van der Waals surface area (Å²) in [7, 11) is 0.983. The molecular formula is C11H8F6N2O. The quantitative estimate of drug-likeness (QED) is 0.697. The van der Waals surface area contributed by atoms with Gasteiger partial charge in [0.1, 0.15) is 0 Å². The molecule has 0 bridgehead atoms. The summed E-state index contributed by atoms with van der Waals surface area (Å²) < 4.78 is 83.3. The molecule has 110 valence electrons. The van der Waals surface area contributed by atoms with Crippen LogP contribution in [0.3, 0.4) is 0 Å². The molecular weight excluding hydrogens is 290 g/mol. The van der Waals surface area contributed by atoms with Crippen molar-refractivity contribution in [3.05, 3.63) is 11.8 Å². The lowest BCUT2D eigenvalue weighted by Gasteiger charge is -2.45. The van der Waals surface area contributed by atoms with Gasteiger partial charge in [-0.3, -0.25) is 0 Å². The molecule has 0 radical (unpaired) electrons.